The summed E-state index contributed by atoms with van der Waals surface area (Å²) in [5.74, 6) is -1.67. The van der Waals surface area contributed by atoms with Crippen molar-refractivity contribution < 1.29 is 14.7 Å². The zero-order chi connectivity index (χ0) is 9.56. The molecule has 0 heterocycles. The number of nitrogens with one attached hydrogen (secondary N) is 1. The maximum atomic E-state index is 10.7. The van der Waals surface area contributed by atoms with Gasteiger partial charge in [0.2, 0.25) is 5.91 Å². The maximum Gasteiger partial charge on any atom is 0.326 e. The zero-order valence-corrected chi connectivity index (χ0v) is 7.60. The highest BCUT2D eigenvalue weighted by molar-refractivity contribution is 6.27. The lowest BCUT2D eigenvalue weighted by atomic mass is 10.2. The van der Waals surface area contributed by atoms with E-state index in [2.05, 4.69) is 5.32 Å². The van der Waals surface area contributed by atoms with Crippen molar-refractivity contribution in [2.75, 3.05) is 5.88 Å². The average Bonchev–Trinajstić information content (AvgIpc) is 2.03. The van der Waals surface area contributed by atoms with Gasteiger partial charge in [-0.2, -0.15) is 0 Å². The van der Waals surface area contributed by atoms with Crippen LogP contribution in [0.1, 0.15) is 19.8 Å². The van der Waals surface area contributed by atoms with Gasteiger partial charge in [0, 0.05) is 0 Å². The van der Waals surface area contributed by atoms with Crippen LogP contribution < -0.4 is 5.32 Å². The lowest BCUT2D eigenvalue weighted by Gasteiger charge is -2.11. The van der Waals surface area contributed by atoms with Crippen molar-refractivity contribution >= 4 is 23.5 Å². The third-order valence-electron chi connectivity index (χ3n) is 1.33. The van der Waals surface area contributed by atoms with Crippen molar-refractivity contribution in [3.8, 4) is 0 Å². The molecule has 0 aromatic rings. The molecule has 0 aromatic carbocycles. The van der Waals surface area contributed by atoms with Crippen LogP contribution in [0.3, 0.4) is 0 Å². The molecule has 0 aliphatic rings. The van der Waals surface area contributed by atoms with Crippen LogP contribution in [0.4, 0.5) is 0 Å². The van der Waals surface area contributed by atoms with Gasteiger partial charge in [-0.3, -0.25) is 4.79 Å². The Morgan fingerprint density at radius 1 is 1.58 bits per heavy atom. The number of halogens is 1. The number of amides is 1. The molecule has 0 aliphatic heterocycles. The number of carbonyl (C=O) groups is 2. The standard InChI is InChI=1S/C7H12ClNO3/c1-2-3-5(7(11)12)9-6(10)4-8/h5H,2-4H2,1H3,(H,9,10)(H,11,12). The molecular weight excluding hydrogens is 182 g/mol. The van der Waals surface area contributed by atoms with Crippen LogP contribution >= 0.6 is 11.6 Å². The fraction of sp³-hybridized carbons (Fsp3) is 0.714. The van der Waals surface area contributed by atoms with Gasteiger partial charge in [0.05, 0.1) is 0 Å². The van der Waals surface area contributed by atoms with E-state index in [-0.39, 0.29) is 5.88 Å². The lowest BCUT2D eigenvalue weighted by Crippen LogP contribution is -2.41. The Bertz CT molecular complexity index is 170. The average molecular weight is 194 g/mol. The third kappa shape index (κ3) is 4.18. The summed E-state index contributed by atoms with van der Waals surface area (Å²) in [5, 5.41) is 10.9. The van der Waals surface area contributed by atoms with Gasteiger partial charge in [-0.05, 0) is 6.42 Å². The first-order valence-corrected chi connectivity index (χ1v) is 4.23. The minimum absolute atomic E-state index is 0.201. The van der Waals surface area contributed by atoms with Gasteiger partial charge in [-0.15, -0.1) is 11.6 Å². The monoisotopic (exact) mass is 193 g/mol. The molecule has 0 bridgehead atoms. The van der Waals surface area contributed by atoms with E-state index in [1.165, 1.54) is 0 Å². The maximum absolute atomic E-state index is 10.7. The zero-order valence-electron chi connectivity index (χ0n) is 6.84. The van der Waals surface area contributed by atoms with Gasteiger partial charge in [0.25, 0.3) is 0 Å². The Balaban J connectivity index is 3.95. The fourth-order valence-corrected chi connectivity index (χ4v) is 0.856. The van der Waals surface area contributed by atoms with Crippen molar-refractivity contribution in [3.05, 3.63) is 0 Å². The number of carboxylic acid groups (broad SMARTS) is 1. The van der Waals surface area contributed by atoms with Gasteiger partial charge in [0.1, 0.15) is 11.9 Å². The third-order valence-corrected chi connectivity index (χ3v) is 1.57. The van der Waals surface area contributed by atoms with Crippen LogP contribution in [0, 0.1) is 0 Å². The van der Waals surface area contributed by atoms with Gasteiger partial charge >= 0.3 is 5.97 Å². The van der Waals surface area contributed by atoms with E-state index < -0.39 is 17.9 Å². The van der Waals surface area contributed by atoms with Crippen molar-refractivity contribution in [1.29, 1.82) is 0 Å². The molecule has 1 unspecified atom stereocenters. The molecular formula is C7H12ClNO3. The molecule has 2 N–H and O–H groups in total. The molecule has 12 heavy (non-hydrogen) atoms. The van der Waals surface area contributed by atoms with E-state index in [0.29, 0.717) is 12.8 Å². The number of hydrogen-bond donors (Lipinski definition) is 2. The number of carbonyl (C=O) groups excluding carboxylic acids is 1. The topological polar surface area (TPSA) is 66.4 Å². The predicted molar refractivity (Wildman–Crippen MR) is 45.2 cm³/mol. The summed E-state index contributed by atoms with van der Waals surface area (Å²) in [4.78, 5) is 21.2. The molecule has 0 saturated heterocycles. The molecule has 0 saturated carbocycles. The second-order valence-corrected chi connectivity index (χ2v) is 2.65. The van der Waals surface area contributed by atoms with E-state index in [0.717, 1.165) is 0 Å². The Morgan fingerprint density at radius 3 is 2.50 bits per heavy atom. The second kappa shape index (κ2) is 5.83. The first kappa shape index (κ1) is 11.2. The molecule has 5 heteroatoms. The molecule has 0 radical (unpaired) electrons. The van der Waals surface area contributed by atoms with Crippen molar-refractivity contribution in [1.82, 2.24) is 5.32 Å². The molecule has 70 valence electrons. The fourth-order valence-electron chi connectivity index (χ4n) is 0.779. The minimum atomic E-state index is -1.02. The molecule has 0 spiro atoms. The summed E-state index contributed by atoms with van der Waals surface area (Å²) in [6, 6.07) is -0.804. The van der Waals surface area contributed by atoms with Crippen LogP contribution in [0.5, 0.6) is 0 Å². The van der Waals surface area contributed by atoms with E-state index in [4.69, 9.17) is 16.7 Å². The number of rotatable bonds is 5. The molecule has 1 atom stereocenters. The van der Waals surface area contributed by atoms with E-state index in [1.54, 1.807) is 0 Å². The largest absolute Gasteiger partial charge is 0.480 e. The van der Waals surface area contributed by atoms with Crippen LogP contribution in [0.15, 0.2) is 0 Å². The smallest absolute Gasteiger partial charge is 0.326 e. The molecule has 0 fully saturated rings. The van der Waals surface area contributed by atoms with Gasteiger partial charge in [-0.25, -0.2) is 4.79 Å². The summed E-state index contributed by atoms with van der Waals surface area (Å²) in [6.45, 7) is 1.85. The lowest BCUT2D eigenvalue weighted by molar-refractivity contribution is -0.141. The quantitative estimate of drug-likeness (QED) is 0.629. The minimum Gasteiger partial charge on any atom is -0.480 e. The SMILES string of the molecule is CCCC(NC(=O)CCl)C(=O)O. The van der Waals surface area contributed by atoms with Crippen molar-refractivity contribution in [3.63, 3.8) is 0 Å². The summed E-state index contributed by atoms with van der Waals surface area (Å²) < 4.78 is 0. The Labute approximate surface area is 75.9 Å². The molecule has 0 aromatic heterocycles. The van der Waals surface area contributed by atoms with Crippen LogP contribution in [0.25, 0.3) is 0 Å². The van der Waals surface area contributed by atoms with Crippen LogP contribution in [0.2, 0.25) is 0 Å². The Kier molecular flexibility index (Phi) is 5.45. The Hall–Kier alpha value is -0.770. The van der Waals surface area contributed by atoms with E-state index in [1.807, 2.05) is 6.92 Å². The summed E-state index contributed by atoms with van der Waals surface area (Å²) in [5.41, 5.74) is 0. The van der Waals surface area contributed by atoms with Crippen LogP contribution in [-0.2, 0) is 9.59 Å². The summed E-state index contributed by atoms with van der Waals surface area (Å²) in [7, 11) is 0. The number of alkyl halides is 1. The molecule has 4 nitrogen and oxygen atoms in total. The summed E-state index contributed by atoms with van der Waals surface area (Å²) in [6.07, 6.45) is 1.14. The van der Waals surface area contributed by atoms with Gasteiger partial charge in [-0.1, -0.05) is 13.3 Å². The highest BCUT2D eigenvalue weighted by Crippen LogP contribution is 1.96. The van der Waals surface area contributed by atoms with E-state index >= 15 is 0 Å². The number of hydrogen-bond acceptors (Lipinski definition) is 2. The Morgan fingerprint density at radius 2 is 2.17 bits per heavy atom. The summed E-state index contributed by atoms with van der Waals surface area (Å²) >= 11 is 5.20. The van der Waals surface area contributed by atoms with Gasteiger partial charge in [0.15, 0.2) is 0 Å². The molecule has 1 amide bonds. The van der Waals surface area contributed by atoms with Crippen molar-refractivity contribution in [2.24, 2.45) is 0 Å². The van der Waals surface area contributed by atoms with Gasteiger partial charge < -0.3 is 10.4 Å². The first-order chi connectivity index (χ1) is 5.61. The normalized spacial score (nSPS) is 12.2. The van der Waals surface area contributed by atoms with Crippen LogP contribution in [-0.4, -0.2) is 28.9 Å². The highest BCUT2D eigenvalue weighted by Gasteiger charge is 2.17. The first-order valence-electron chi connectivity index (χ1n) is 3.70. The van der Waals surface area contributed by atoms with E-state index in [9.17, 15) is 9.59 Å². The number of aliphatic carboxylic acids is 1. The number of carboxylic acids is 1. The molecule has 0 aliphatic carbocycles. The second-order valence-electron chi connectivity index (χ2n) is 2.38. The predicted octanol–water partition coefficient (Wildman–Crippen LogP) is 0.595. The highest BCUT2D eigenvalue weighted by atomic mass is 35.5. The molecule has 0 rings (SSSR count). The van der Waals surface area contributed by atoms with Crippen molar-refractivity contribution in [2.45, 2.75) is 25.8 Å².